The van der Waals surface area contributed by atoms with E-state index < -0.39 is 0 Å². The van der Waals surface area contributed by atoms with Gasteiger partial charge in [-0.1, -0.05) is 31.5 Å². The molecule has 1 rings (SSSR count). The van der Waals surface area contributed by atoms with E-state index in [1.807, 2.05) is 26.0 Å². The summed E-state index contributed by atoms with van der Waals surface area (Å²) in [6.07, 6.45) is 0.978. The van der Waals surface area contributed by atoms with Gasteiger partial charge in [0, 0.05) is 6.54 Å². The number of rotatable bonds is 6. The third kappa shape index (κ3) is 6.13. The smallest absolute Gasteiger partial charge is 0.317 e. The molecule has 0 spiro atoms. The fourth-order valence-corrected chi connectivity index (χ4v) is 1.68. The van der Waals surface area contributed by atoms with Crippen molar-refractivity contribution in [2.24, 2.45) is 5.92 Å². The van der Waals surface area contributed by atoms with Crippen LogP contribution in [0.25, 0.3) is 0 Å². The highest BCUT2D eigenvalue weighted by atomic mass is 16.5. The lowest BCUT2D eigenvalue weighted by Crippen LogP contribution is -2.38. The first kappa shape index (κ1) is 15.3. The molecule has 0 atom stereocenters. The summed E-state index contributed by atoms with van der Waals surface area (Å²) in [5.74, 6) is 1.39. The maximum absolute atomic E-state index is 11.5. The fourth-order valence-electron chi connectivity index (χ4n) is 1.68. The number of aryl methyl sites for hydroxylation is 2. The minimum absolute atomic E-state index is 0.178. The molecule has 19 heavy (non-hydrogen) atoms. The summed E-state index contributed by atoms with van der Waals surface area (Å²) in [4.78, 5) is 11.5. The summed E-state index contributed by atoms with van der Waals surface area (Å²) in [5.41, 5.74) is 2.27. The van der Waals surface area contributed by atoms with Gasteiger partial charge in [0.1, 0.15) is 5.75 Å². The Hall–Kier alpha value is -1.71. The van der Waals surface area contributed by atoms with E-state index in [1.165, 1.54) is 5.56 Å². The molecule has 0 heterocycles. The van der Waals surface area contributed by atoms with E-state index >= 15 is 0 Å². The average Bonchev–Trinajstić information content (AvgIpc) is 2.31. The second-order valence-electron chi connectivity index (χ2n) is 5.17. The Morgan fingerprint density at radius 1 is 1.26 bits per heavy atom. The minimum Gasteiger partial charge on any atom is -0.473 e. The molecule has 2 amide bonds. The van der Waals surface area contributed by atoms with Crippen molar-refractivity contribution in [3.63, 3.8) is 0 Å². The van der Waals surface area contributed by atoms with Crippen molar-refractivity contribution in [1.82, 2.24) is 10.6 Å². The monoisotopic (exact) mass is 264 g/mol. The summed E-state index contributed by atoms with van der Waals surface area (Å²) < 4.78 is 5.52. The second kappa shape index (κ2) is 7.67. The molecule has 0 aliphatic heterocycles. The van der Waals surface area contributed by atoms with Gasteiger partial charge >= 0.3 is 6.03 Å². The largest absolute Gasteiger partial charge is 0.473 e. The van der Waals surface area contributed by atoms with Crippen LogP contribution in [-0.4, -0.2) is 19.3 Å². The number of hydrogen-bond donors (Lipinski definition) is 2. The number of carbonyl (C=O) groups is 1. The Bertz CT molecular complexity index is 417. The molecule has 106 valence electrons. The molecule has 0 fully saturated rings. The van der Waals surface area contributed by atoms with Gasteiger partial charge < -0.3 is 15.4 Å². The average molecular weight is 264 g/mol. The van der Waals surface area contributed by atoms with Gasteiger partial charge in [0.2, 0.25) is 0 Å². The lowest BCUT2D eigenvalue weighted by molar-refractivity contribution is 0.223. The number of hydrogen-bond acceptors (Lipinski definition) is 2. The van der Waals surface area contributed by atoms with Gasteiger partial charge in [0.25, 0.3) is 0 Å². The van der Waals surface area contributed by atoms with Crippen molar-refractivity contribution in [3.05, 3.63) is 29.3 Å². The predicted molar refractivity (Wildman–Crippen MR) is 77.4 cm³/mol. The van der Waals surface area contributed by atoms with E-state index in [0.717, 1.165) is 17.7 Å². The fraction of sp³-hybridized carbons (Fsp3) is 0.533. The molecular weight excluding hydrogens is 240 g/mol. The summed E-state index contributed by atoms with van der Waals surface area (Å²) in [6.45, 7) is 9.15. The maximum Gasteiger partial charge on any atom is 0.317 e. The molecule has 0 bridgehead atoms. The van der Waals surface area contributed by atoms with Crippen molar-refractivity contribution in [3.8, 4) is 5.75 Å². The number of carbonyl (C=O) groups excluding carboxylic acids is 1. The van der Waals surface area contributed by atoms with Gasteiger partial charge in [0.15, 0.2) is 6.73 Å². The molecule has 0 radical (unpaired) electrons. The van der Waals surface area contributed by atoms with Gasteiger partial charge in [-0.15, -0.1) is 0 Å². The highest BCUT2D eigenvalue weighted by molar-refractivity contribution is 5.73. The topological polar surface area (TPSA) is 50.4 Å². The molecule has 4 nitrogen and oxygen atoms in total. The quantitative estimate of drug-likeness (QED) is 0.776. The van der Waals surface area contributed by atoms with Crippen LogP contribution >= 0.6 is 0 Å². The van der Waals surface area contributed by atoms with E-state index in [4.69, 9.17) is 4.74 Å². The van der Waals surface area contributed by atoms with Gasteiger partial charge in [-0.25, -0.2) is 4.79 Å². The van der Waals surface area contributed by atoms with Crippen LogP contribution in [0.5, 0.6) is 5.75 Å². The van der Waals surface area contributed by atoms with Crippen molar-refractivity contribution in [1.29, 1.82) is 0 Å². The van der Waals surface area contributed by atoms with Gasteiger partial charge in [-0.2, -0.15) is 0 Å². The van der Waals surface area contributed by atoms with Crippen LogP contribution in [-0.2, 0) is 0 Å². The maximum atomic E-state index is 11.5. The molecule has 4 heteroatoms. The van der Waals surface area contributed by atoms with Crippen LogP contribution in [0.3, 0.4) is 0 Å². The Kier molecular flexibility index (Phi) is 6.19. The molecule has 0 unspecified atom stereocenters. The summed E-state index contributed by atoms with van der Waals surface area (Å²) in [7, 11) is 0. The molecule has 0 aliphatic rings. The van der Waals surface area contributed by atoms with E-state index in [9.17, 15) is 4.79 Å². The molecule has 1 aromatic rings. The number of amides is 2. The first-order valence-electron chi connectivity index (χ1n) is 6.71. The summed E-state index contributed by atoms with van der Waals surface area (Å²) in [6, 6.07) is 5.77. The van der Waals surface area contributed by atoms with Crippen molar-refractivity contribution < 1.29 is 9.53 Å². The Balaban J connectivity index is 2.24. The molecule has 0 aromatic heterocycles. The highest BCUT2D eigenvalue weighted by Crippen LogP contribution is 2.18. The number of urea groups is 1. The number of benzene rings is 1. The lowest BCUT2D eigenvalue weighted by Gasteiger charge is -2.12. The van der Waals surface area contributed by atoms with Crippen LogP contribution < -0.4 is 15.4 Å². The minimum atomic E-state index is -0.189. The highest BCUT2D eigenvalue weighted by Gasteiger charge is 2.02. The lowest BCUT2D eigenvalue weighted by atomic mass is 10.1. The standard InChI is InChI=1S/C15H24N2O2/c1-11(2)7-8-16-15(18)17-10-19-14-6-5-12(3)9-13(14)4/h5-6,9,11H,7-8,10H2,1-4H3,(H2,16,17,18). The molecule has 1 aromatic carbocycles. The van der Waals surface area contributed by atoms with E-state index in [1.54, 1.807) is 0 Å². The van der Waals surface area contributed by atoms with E-state index in [2.05, 4.69) is 30.5 Å². The van der Waals surface area contributed by atoms with Gasteiger partial charge in [0.05, 0.1) is 0 Å². The van der Waals surface area contributed by atoms with E-state index in [0.29, 0.717) is 12.5 Å². The molecular formula is C15H24N2O2. The zero-order valence-electron chi connectivity index (χ0n) is 12.2. The van der Waals surface area contributed by atoms with Crippen molar-refractivity contribution in [2.75, 3.05) is 13.3 Å². The normalized spacial score (nSPS) is 10.4. The Labute approximate surface area is 115 Å². The van der Waals surface area contributed by atoms with Crippen LogP contribution in [0, 0.1) is 19.8 Å². The van der Waals surface area contributed by atoms with Crippen LogP contribution in [0.2, 0.25) is 0 Å². The molecule has 0 saturated carbocycles. The SMILES string of the molecule is Cc1ccc(OCNC(=O)NCCC(C)C)c(C)c1. The van der Waals surface area contributed by atoms with Gasteiger partial charge in [-0.05, 0) is 37.8 Å². The molecule has 0 aliphatic carbocycles. The van der Waals surface area contributed by atoms with Crippen LogP contribution in [0.1, 0.15) is 31.4 Å². The zero-order valence-corrected chi connectivity index (χ0v) is 12.2. The van der Waals surface area contributed by atoms with Crippen molar-refractivity contribution >= 4 is 6.03 Å². The number of nitrogens with one attached hydrogen (secondary N) is 2. The van der Waals surface area contributed by atoms with Gasteiger partial charge in [-0.3, -0.25) is 0 Å². The third-order valence-electron chi connectivity index (χ3n) is 2.80. The Morgan fingerprint density at radius 3 is 2.63 bits per heavy atom. The Morgan fingerprint density at radius 2 is 2.00 bits per heavy atom. The zero-order chi connectivity index (χ0) is 14.3. The first-order valence-corrected chi connectivity index (χ1v) is 6.71. The second-order valence-corrected chi connectivity index (χ2v) is 5.17. The number of ether oxygens (including phenoxy) is 1. The predicted octanol–water partition coefficient (Wildman–Crippen LogP) is 2.99. The summed E-state index contributed by atoms with van der Waals surface area (Å²) in [5, 5.41) is 5.47. The first-order chi connectivity index (χ1) is 8.99. The van der Waals surface area contributed by atoms with Crippen LogP contribution in [0.4, 0.5) is 4.79 Å². The summed E-state index contributed by atoms with van der Waals surface area (Å²) >= 11 is 0. The van der Waals surface area contributed by atoms with Crippen molar-refractivity contribution in [2.45, 2.75) is 34.1 Å². The third-order valence-corrected chi connectivity index (χ3v) is 2.80. The van der Waals surface area contributed by atoms with Crippen LogP contribution in [0.15, 0.2) is 18.2 Å². The molecule has 2 N–H and O–H groups in total. The molecule has 0 saturated heterocycles. The van der Waals surface area contributed by atoms with E-state index in [-0.39, 0.29) is 12.8 Å².